The van der Waals surface area contributed by atoms with Crippen molar-refractivity contribution in [2.75, 3.05) is 17.2 Å². The van der Waals surface area contributed by atoms with E-state index in [4.69, 9.17) is 10.7 Å². The second-order valence-corrected chi connectivity index (χ2v) is 6.64. The van der Waals surface area contributed by atoms with Crippen molar-refractivity contribution >= 4 is 22.8 Å². The number of aromatic nitrogens is 5. The van der Waals surface area contributed by atoms with E-state index in [1.54, 1.807) is 0 Å². The van der Waals surface area contributed by atoms with Gasteiger partial charge in [0.25, 0.3) is 0 Å². The molecule has 0 bridgehead atoms. The maximum Gasteiger partial charge on any atom is 0.164 e. The summed E-state index contributed by atoms with van der Waals surface area (Å²) in [7, 11) is 0. The molecule has 0 spiro atoms. The molecule has 1 atom stereocenters. The Bertz CT molecular complexity index is 1090. The van der Waals surface area contributed by atoms with Crippen molar-refractivity contribution in [1.29, 1.82) is 0 Å². The van der Waals surface area contributed by atoms with Gasteiger partial charge < -0.3 is 10.6 Å². The Labute approximate surface area is 156 Å². The van der Waals surface area contributed by atoms with Gasteiger partial charge in [-0.1, -0.05) is 18.2 Å². The summed E-state index contributed by atoms with van der Waals surface area (Å²) < 4.78 is 2.16. The van der Waals surface area contributed by atoms with Crippen molar-refractivity contribution in [1.82, 2.24) is 24.5 Å². The van der Waals surface area contributed by atoms with Gasteiger partial charge in [-0.15, -0.1) is 0 Å². The monoisotopic (exact) mass is 357 g/mol. The molecule has 2 N–H and O–H groups in total. The molecule has 0 saturated carbocycles. The molecule has 7 nitrogen and oxygen atoms in total. The molecule has 0 unspecified atom stereocenters. The zero-order valence-corrected chi connectivity index (χ0v) is 14.7. The second kappa shape index (κ2) is 6.35. The number of fused-ring (bicyclic) bond motifs is 1. The minimum atomic E-state index is 0.105. The lowest BCUT2D eigenvalue weighted by molar-refractivity contribution is 0.651. The highest BCUT2D eigenvalue weighted by molar-refractivity contribution is 5.74. The number of nitrogens with zero attached hydrogens (tertiary/aromatic N) is 6. The predicted molar refractivity (Wildman–Crippen MR) is 105 cm³/mol. The van der Waals surface area contributed by atoms with Gasteiger partial charge in [0.05, 0.1) is 6.04 Å². The molecule has 4 heterocycles. The highest BCUT2D eigenvalue weighted by Gasteiger charge is 2.32. The van der Waals surface area contributed by atoms with Crippen LogP contribution < -0.4 is 10.6 Å². The average Bonchev–Trinajstić information content (AvgIpc) is 3.33. The van der Waals surface area contributed by atoms with E-state index in [1.807, 2.05) is 42.6 Å². The van der Waals surface area contributed by atoms with Gasteiger partial charge in [-0.05, 0) is 37.1 Å². The number of nitrogens with two attached hydrogens (primary N) is 1. The van der Waals surface area contributed by atoms with Gasteiger partial charge >= 0.3 is 0 Å². The molecular formula is C20H19N7. The molecule has 5 rings (SSSR count). The molecule has 0 radical (unpaired) electrons. The number of hydrogen-bond donors (Lipinski definition) is 1. The first-order chi connectivity index (χ1) is 13.3. The Balaban J connectivity index is 1.68. The Morgan fingerprint density at radius 2 is 1.89 bits per heavy atom. The lowest BCUT2D eigenvalue weighted by Gasteiger charge is -2.26. The van der Waals surface area contributed by atoms with E-state index >= 15 is 0 Å². The molecule has 1 saturated heterocycles. The van der Waals surface area contributed by atoms with Gasteiger partial charge in [-0.2, -0.15) is 0 Å². The molecule has 1 aliphatic rings. The van der Waals surface area contributed by atoms with E-state index in [-0.39, 0.29) is 6.04 Å². The summed E-state index contributed by atoms with van der Waals surface area (Å²) in [4.78, 5) is 20.3. The summed E-state index contributed by atoms with van der Waals surface area (Å²) in [6.07, 6.45) is 5.40. The quantitative estimate of drug-likeness (QED) is 0.606. The smallest absolute Gasteiger partial charge is 0.164 e. The largest absolute Gasteiger partial charge is 0.384 e. The number of anilines is 2. The minimum Gasteiger partial charge on any atom is -0.384 e. The summed E-state index contributed by atoms with van der Waals surface area (Å²) in [5.41, 5.74) is 8.70. The van der Waals surface area contributed by atoms with E-state index in [0.717, 1.165) is 47.9 Å². The van der Waals surface area contributed by atoms with Crippen LogP contribution in [-0.2, 0) is 0 Å². The van der Waals surface area contributed by atoms with Crippen LogP contribution in [0.3, 0.4) is 0 Å². The molecule has 27 heavy (non-hydrogen) atoms. The third-order valence-electron chi connectivity index (χ3n) is 4.98. The number of hydrogen-bond acceptors (Lipinski definition) is 6. The predicted octanol–water partition coefficient (Wildman–Crippen LogP) is 3.13. The molecule has 4 aromatic rings. The lowest BCUT2D eigenvalue weighted by Crippen LogP contribution is -2.26. The van der Waals surface area contributed by atoms with Crippen LogP contribution in [-0.4, -0.2) is 31.0 Å². The van der Waals surface area contributed by atoms with Crippen molar-refractivity contribution in [3.05, 3.63) is 66.9 Å². The van der Waals surface area contributed by atoms with Crippen LogP contribution in [0.15, 0.2) is 61.1 Å². The maximum atomic E-state index is 5.88. The Morgan fingerprint density at radius 3 is 2.74 bits per heavy atom. The van der Waals surface area contributed by atoms with Crippen molar-refractivity contribution < 1.29 is 0 Å². The third kappa shape index (κ3) is 2.68. The first-order valence-electron chi connectivity index (χ1n) is 9.04. The fourth-order valence-corrected chi connectivity index (χ4v) is 3.81. The molecule has 7 heteroatoms. The van der Waals surface area contributed by atoms with E-state index in [9.17, 15) is 0 Å². The Morgan fingerprint density at radius 1 is 1.00 bits per heavy atom. The number of imidazole rings is 1. The zero-order valence-electron chi connectivity index (χ0n) is 14.7. The standard InChI is InChI=1S/C20H19N7/c21-17-12-18(24-13-23-17)26-11-5-9-16(26)20-25-15-8-4-10-22-19(15)27(20)14-6-2-1-3-7-14/h1-4,6-8,10,12-13,16H,5,9,11H2,(H2,21,23,24)/t16-/m0/s1. The summed E-state index contributed by atoms with van der Waals surface area (Å²) in [6.45, 7) is 0.909. The number of nitrogen functional groups attached to an aromatic ring is 1. The molecule has 134 valence electrons. The van der Waals surface area contributed by atoms with Crippen molar-refractivity contribution in [2.24, 2.45) is 0 Å². The molecule has 0 amide bonds. The van der Waals surface area contributed by atoms with Gasteiger partial charge in [0.2, 0.25) is 0 Å². The molecule has 0 aliphatic carbocycles. The van der Waals surface area contributed by atoms with Gasteiger partial charge in [0.1, 0.15) is 29.3 Å². The summed E-state index contributed by atoms with van der Waals surface area (Å²) in [5, 5.41) is 0. The van der Waals surface area contributed by atoms with Crippen molar-refractivity contribution in [2.45, 2.75) is 18.9 Å². The summed E-state index contributed by atoms with van der Waals surface area (Å²) >= 11 is 0. The number of rotatable bonds is 3. The molecule has 1 aliphatic heterocycles. The van der Waals surface area contributed by atoms with Crippen LogP contribution in [0.25, 0.3) is 16.9 Å². The molecule has 1 aromatic carbocycles. The fraction of sp³-hybridized carbons (Fsp3) is 0.200. The van der Waals surface area contributed by atoms with Crippen LogP contribution in [0.4, 0.5) is 11.6 Å². The van der Waals surface area contributed by atoms with Gasteiger partial charge in [0.15, 0.2) is 5.65 Å². The number of para-hydroxylation sites is 1. The van der Waals surface area contributed by atoms with Crippen molar-refractivity contribution in [3.8, 4) is 5.69 Å². The third-order valence-corrected chi connectivity index (χ3v) is 4.98. The SMILES string of the molecule is Nc1cc(N2CCC[C@H]2c2nc3cccnc3n2-c2ccccc2)ncn1. The molecule has 3 aromatic heterocycles. The van der Waals surface area contributed by atoms with Crippen LogP contribution in [0.1, 0.15) is 24.7 Å². The van der Waals surface area contributed by atoms with Crippen molar-refractivity contribution in [3.63, 3.8) is 0 Å². The van der Waals surface area contributed by atoms with Gasteiger partial charge in [0, 0.05) is 24.5 Å². The highest BCUT2D eigenvalue weighted by atomic mass is 15.3. The fourth-order valence-electron chi connectivity index (χ4n) is 3.81. The maximum absolute atomic E-state index is 5.88. The minimum absolute atomic E-state index is 0.105. The van der Waals surface area contributed by atoms with E-state index in [1.165, 1.54) is 6.33 Å². The van der Waals surface area contributed by atoms with Crippen LogP contribution in [0.5, 0.6) is 0 Å². The normalized spacial score (nSPS) is 16.9. The molecule has 1 fully saturated rings. The lowest BCUT2D eigenvalue weighted by atomic mass is 10.2. The Hall–Kier alpha value is -3.48. The first-order valence-corrected chi connectivity index (χ1v) is 9.04. The van der Waals surface area contributed by atoms with Gasteiger partial charge in [-0.25, -0.2) is 19.9 Å². The second-order valence-electron chi connectivity index (χ2n) is 6.64. The first kappa shape index (κ1) is 15.7. The summed E-state index contributed by atoms with van der Waals surface area (Å²) in [6, 6.07) is 16.1. The average molecular weight is 357 g/mol. The van der Waals surface area contributed by atoms with E-state index < -0.39 is 0 Å². The van der Waals surface area contributed by atoms with E-state index in [2.05, 4.69) is 36.6 Å². The Kier molecular flexibility index (Phi) is 3.71. The highest BCUT2D eigenvalue weighted by Crippen LogP contribution is 2.37. The number of pyridine rings is 1. The van der Waals surface area contributed by atoms with Crippen LogP contribution in [0, 0.1) is 0 Å². The van der Waals surface area contributed by atoms with Crippen LogP contribution in [0.2, 0.25) is 0 Å². The van der Waals surface area contributed by atoms with E-state index in [0.29, 0.717) is 5.82 Å². The number of benzene rings is 1. The van der Waals surface area contributed by atoms with Gasteiger partial charge in [-0.3, -0.25) is 4.57 Å². The molecular weight excluding hydrogens is 338 g/mol. The zero-order chi connectivity index (χ0) is 18.2. The van der Waals surface area contributed by atoms with Crippen LogP contribution >= 0.6 is 0 Å². The topological polar surface area (TPSA) is 85.8 Å². The summed E-state index contributed by atoms with van der Waals surface area (Å²) in [5.74, 6) is 2.29.